The fourth-order valence-electron chi connectivity index (χ4n) is 3.63. The second-order valence-electron chi connectivity index (χ2n) is 7.45. The first-order valence-electron chi connectivity index (χ1n) is 10.3. The third kappa shape index (κ3) is 4.36. The molecule has 1 aliphatic rings. The van der Waals surface area contributed by atoms with Crippen LogP contribution in [0.15, 0.2) is 48.8 Å². The Bertz CT molecular complexity index is 1010. The van der Waals surface area contributed by atoms with Crippen molar-refractivity contribution in [1.29, 1.82) is 0 Å². The highest BCUT2D eigenvalue weighted by Crippen LogP contribution is 2.27. The molecule has 1 aliphatic heterocycles. The Hall–Kier alpha value is -3.19. The van der Waals surface area contributed by atoms with Crippen LogP contribution < -0.4 is 10.2 Å². The second kappa shape index (κ2) is 9.09. The molecule has 0 atom stereocenters. The summed E-state index contributed by atoms with van der Waals surface area (Å²) in [6, 6.07) is 11.9. The SMILES string of the molecule is CCOC(=O)c1cnc2ccccc2c1NCc1ccc(N2CCN(C)CC2)nc1. The number of piperazine rings is 1. The molecule has 1 aromatic carbocycles. The number of anilines is 2. The number of benzene rings is 1. The Kier molecular flexibility index (Phi) is 6.09. The van der Waals surface area contributed by atoms with Crippen molar-refractivity contribution in [3.63, 3.8) is 0 Å². The number of aromatic nitrogens is 2. The van der Waals surface area contributed by atoms with Gasteiger partial charge in [0, 0.05) is 50.5 Å². The average molecular weight is 406 g/mol. The summed E-state index contributed by atoms with van der Waals surface area (Å²) in [5.41, 5.74) is 3.06. The molecule has 4 rings (SSSR count). The maximum absolute atomic E-state index is 12.4. The molecule has 0 aliphatic carbocycles. The minimum absolute atomic E-state index is 0.322. The molecule has 0 saturated carbocycles. The standard InChI is InChI=1S/C23H27N5O2/c1-3-30-23(29)19-16-24-20-7-5-4-6-18(20)22(19)26-15-17-8-9-21(25-14-17)28-12-10-27(2)11-13-28/h4-9,14,16H,3,10-13,15H2,1-2H3,(H,24,26). The minimum atomic E-state index is -0.373. The van der Waals surface area contributed by atoms with Crippen LogP contribution in [0.5, 0.6) is 0 Å². The van der Waals surface area contributed by atoms with Crippen molar-refractivity contribution in [2.75, 3.05) is 50.1 Å². The summed E-state index contributed by atoms with van der Waals surface area (Å²) in [5, 5.41) is 4.31. The molecule has 0 spiro atoms. The van der Waals surface area contributed by atoms with Crippen molar-refractivity contribution in [1.82, 2.24) is 14.9 Å². The van der Waals surface area contributed by atoms with E-state index in [0.717, 1.165) is 54.2 Å². The largest absolute Gasteiger partial charge is 0.462 e. The molecular weight excluding hydrogens is 378 g/mol. The fraction of sp³-hybridized carbons (Fsp3) is 0.348. The van der Waals surface area contributed by atoms with Gasteiger partial charge >= 0.3 is 5.97 Å². The fourth-order valence-corrected chi connectivity index (χ4v) is 3.63. The van der Waals surface area contributed by atoms with E-state index in [1.54, 1.807) is 13.1 Å². The Morgan fingerprint density at radius 3 is 2.60 bits per heavy atom. The van der Waals surface area contributed by atoms with Crippen LogP contribution in [-0.2, 0) is 11.3 Å². The van der Waals surface area contributed by atoms with Crippen LogP contribution in [0.25, 0.3) is 10.9 Å². The molecule has 0 unspecified atom stereocenters. The molecule has 1 saturated heterocycles. The van der Waals surface area contributed by atoms with Crippen LogP contribution in [0.1, 0.15) is 22.8 Å². The van der Waals surface area contributed by atoms with Gasteiger partial charge in [-0.3, -0.25) is 4.98 Å². The number of hydrogen-bond acceptors (Lipinski definition) is 7. The zero-order valence-electron chi connectivity index (χ0n) is 17.5. The number of ether oxygens (including phenoxy) is 1. The maximum atomic E-state index is 12.4. The molecule has 30 heavy (non-hydrogen) atoms. The van der Waals surface area contributed by atoms with Crippen molar-refractivity contribution >= 4 is 28.4 Å². The quantitative estimate of drug-likeness (QED) is 0.632. The third-order valence-corrected chi connectivity index (χ3v) is 5.38. The van der Waals surface area contributed by atoms with Crippen LogP contribution in [0.4, 0.5) is 11.5 Å². The normalized spacial score (nSPS) is 14.7. The Labute approximate surface area is 176 Å². The number of pyridine rings is 2. The minimum Gasteiger partial charge on any atom is -0.462 e. The molecule has 7 heteroatoms. The summed E-state index contributed by atoms with van der Waals surface area (Å²) in [4.78, 5) is 26.1. The zero-order chi connectivity index (χ0) is 20.9. The van der Waals surface area contributed by atoms with Gasteiger partial charge in [0.15, 0.2) is 0 Å². The van der Waals surface area contributed by atoms with Gasteiger partial charge in [0.25, 0.3) is 0 Å². The number of likely N-dealkylation sites (N-methyl/N-ethyl adjacent to an activating group) is 1. The molecule has 156 valence electrons. The summed E-state index contributed by atoms with van der Waals surface area (Å²) in [6.07, 6.45) is 3.48. The highest BCUT2D eigenvalue weighted by atomic mass is 16.5. The van der Waals surface area contributed by atoms with E-state index in [-0.39, 0.29) is 5.97 Å². The first-order chi connectivity index (χ1) is 14.7. The van der Waals surface area contributed by atoms with E-state index in [1.165, 1.54) is 0 Å². The van der Waals surface area contributed by atoms with E-state index in [1.807, 2.05) is 30.5 Å². The number of carbonyl (C=O) groups is 1. The molecule has 1 fully saturated rings. The average Bonchev–Trinajstić information content (AvgIpc) is 2.78. The van der Waals surface area contributed by atoms with E-state index in [4.69, 9.17) is 4.74 Å². The second-order valence-corrected chi connectivity index (χ2v) is 7.45. The van der Waals surface area contributed by atoms with Crippen molar-refractivity contribution in [2.24, 2.45) is 0 Å². The van der Waals surface area contributed by atoms with Crippen LogP contribution in [0.2, 0.25) is 0 Å². The van der Waals surface area contributed by atoms with Crippen molar-refractivity contribution in [2.45, 2.75) is 13.5 Å². The Morgan fingerprint density at radius 2 is 1.87 bits per heavy atom. The highest BCUT2D eigenvalue weighted by molar-refractivity contribution is 6.04. The summed E-state index contributed by atoms with van der Waals surface area (Å²) in [6.45, 7) is 6.76. The summed E-state index contributed by atoms with van der Waals surface area (Å²) in [5.74, 6) is 0.634. The number of nitrogens with one attached hydrogen (secondary N) is 1. The van der Waals surface area contributed by atoms with Gasteiger partial charge in [0.05, 0.1) is 17.8 Å². The van der Waals surface area contributed by atoms with Gasteiger partial charge in [-0.15, -0.1) is 0 Å². The Morgan fingerprint density at radius 1 is 1.07 bits per heavy atom. The number of fused-ring (bicyclic) bond motifs is 1. The number of nitrogens with zero attached hydrogens (tertiary/aromatic N) is 4. The van der Waals surface area contributed by atoms with Crippen LogP contribution in [0.3, 0.4) is 0 Å². The first-order valence-corrected chi connectivity index (χ1v) is 10.3. The Balaban J connectivity index is 1.53. The van der Waals surface area contributed by atoms with Crippen LogP contribution in [-0.4, -0.2) is 60.7 Å². The molecular formula is C23H27N5O2. The van der Waals surface area contributed by atoms with Gasteiger partial charge in [0.1, 0.15) is 11.4 Å². The first kappa shape index (κ1) is 20.1. The van der Waals surface area contributed by atoms with E-state index >= 15 is 0 Å². The predicted molar refractivity (Wildman–Crippen MR) is 119 cm³/mol. The number of hydrogen-bond donors (Lipinski definition) is 1. The maximum Gasteiger partial charge on any atom is 0.341 e. The van der Waals surface area contributed by atoms with Crippen LogP contribution in [0, 0.1) is 0 Å². The summed E-state index contributed by atoms with van der Waals surface area (Å²) < 4.78 is 5.22. The van der Waals surface area contributed by atoms with E-state index in [9.17, 15) is 4.79 Å². The van der Waals surface area contributed by atoms with Crippen molar-refractivity contribution < 1.29 is 9.53 Å². The number of carbonyl (C=O) groups excluding carboxylic acids is 1. The van der Waals surface area contributed by atoms with Crippen molar-refractivity contribution in [3.05, 3.63) is 59.9 Å². The molecule has 1 N–H and O–H groups in total. The van der Waals surface area contributed by atoms with Gasteiger partial charge < -0.3 is 19.9 Å². The van der Waals surface area contributed by atoms with Crippen molar-refractivity contribution in [3.8, 4) is 0 Å². The number of rotatable bonds is 6. The molecule has 3 aromatic rings. The molecule has 2 aromatic heterocycles. The number of esters is 1. The van der Waals surface area contributed by atoms with Gasteiger partial charge in [-0.05, 0) is 31.7 Å². The van der Waals surface area contributed by atoms with Gasteiger partial charge in [-0.2, -0.15) is 0 Å². The van der Waals surface area contributed by atoms with E-state index in [0.29, 0.717) is 18.7 Å². The van der Waals surface area contributed by atoms with E-state index in [2.05, 4.69) is 44.3 Å². The lowest BCUT2D eigenvalue weighted by Gasteiger charge is -2.33. The van der Waals surface area contributed by atoms with Gasteiger partial charge in [-0.1, -0.05) is 24.3 Å². The van der Waals surface area contributed by atoms with E-state index < -0.39 is 0 Å². The lowest BCUT2D eigenvalue weighted by molar-refractivity contribution is 0.0527. The molecule has 0 bridgehead atoms. The lowest BCUT2D eigenvalue weighted by Crippen LogP contribution is -2.44. The molecule has 3 heterocycles. The smallest absolute Gasteiger partial charge is 0.341 e. The number of para-hydroxylation sites is 1. The lowest BCUT2D eigenvalue weighted by atomic mass is 10.1. The molecule has 7 nitrogen and oxygen atoms in total. The van der Waals surface area contributed by atoms with Crippen LogP contribution >= 0.6 is 0 Å². The molecule has 0 amide bonds. The van der Waals surface area contributed by atoms with Gasteiger partial charge in [0.2, 0.25) is 0 Å². The van der Waals surface area contributed by atoms with Gasteiger partial charge in [-0.25, -0.2) is 9.78 Å². The molecule has 0 radical (unpaired) electrons. The summed E-state index contributed by atoms with van der Waals surface area (Å²) >= 11 is 0. The summed E-state index contributed by atoms with van der Waals surface area (Å²) in [7, 11) is 2.15. The zero-order valence-corrected chi connectivity index (χ0v) is 17.5. The topological polar surface area (TPSA) is 70.6 Å². The third-order valence-electron chi connectivity index (χ3n) is 5.38. The highest BCUT2D eigenvalue weighted by Gasteiger charge is 2.17. The predicted octanol–water partition coefficient (Wildman–Crippen LogP) is 3.17. The monoisotopic (exact) mass is 405 g/mol.